The molecule has 0 saturated carbocycles. The molecule has 1 aromatic heterocycles. The van der Waals surface area contributed by atoms with Gasteiger partial charge in [-0.15, -0.1) is 13.2 Å². The fraction of sp³-hybridized carbons (Fsp3) is 0.320. The van der Waals surface area contributed by atoms with Crippen LogP contribution in [0.3, 0.4) is 0 Å². The average Bonchev–Trinajstić information content (AvgIpc) is 2.86. The van der Waals surface area contributed by atoms with Crippen molar-refractivity contribution in [3.8, 4) is 5.88 Å². The third-order valence-corrected chi connectivity index (χ3v) is 5.06. The normalized spacial score (nSPS) is 13.2. The summed E-state index contributed by atoms with van der Waals surface area (Å²) in [6.07, 6.45) is -7.95. The number of hydrogen-bond acceptors (Lipinski definition) is 5. The number of pyridine rings is 1. The molecule has 0 spiro atoms. The van der Waals surface area contributed by atoms with E-state index in [0.717, 1.165) is 6.08 Å². The lowest BCUT2D eigenvalue weighted by atomic mass is 9.97. The van der Waals surface area contributed by atoms with Crippen LogP contribution in [-0.4, -0.2) is 35.2 Å². The Morgan fingerprint density at radius 2 is 1.63 bits per heavy atom. The first-order chi connectivity index (χ1) is 17.9. The second-order valence-electron chi connectivity index (χ2n) is 7.83. The number of benzene rings is 1. The van der Waals surface area contributed by atoms with Crippen LogP contribution in [0.5, 0.6) is 5.88 Å². The number of unbranched alkanes of at least 4 members (excludes halogenated alkanes) is 1. The van der Waals surface area contributed by atoms with Crippen molar-refractivity contribution < 1.29 is 45.4 Å². The van der Waals surface area contributed by atoms with Crippen molar-refractivity contribution in [2.45, 2.75) is 43.8 Å². The van der Waals surface area contributed by atoms with E-state index in [1.54, 1.807) is 29.1 Å². The molecule has 38 heavy (non-hydrogen) atoms. The van der Waals surface area contributed by atoms with Gasteiger partial charge in [-0.2, -0.15) is 26.3 Å². The molecule has 1 heterocycles. The van der Waals surface area contributed by atoms with Crippen LogP contribution >= 0.6 is 0 Å². The van der Waals surface area contributed by atoms with E-state index < -0.39 is 59.9 Å². The SMILES string of the molecule is C=CCCCOc1nc(C(=O)NNC(=O)C(CC=C)(OCc2ccccc2)C(F)(F)F)ccc1C(F)(F)F. The zero-order valence-corrected chi connectivity index (χ0v) is 20.0. The van der Waals surface area contributed by atoms with Crippen molar-refractivity contribution >= 4 is 11.8 Å². The van der Waals surface area contributed by atoms with Gasteiger partial charge >= 0.3 is 12.4 Å². The van der Waals surface area contributed by atoms with E-state index in [4.69, 9.17) is 9.47 Å². The maximum atomic E-state index is 14.1. The summed E-state index contributed by atoms with van der Waals surface area (Å²) < 4.78 is 92.2. The highest BCUT2D eigenvalue weighted by Gasteiger charge is 2.61. The van der Waals surface area contributed by atoms with Crippen molar-refractivity contribution in [3.63, 3.8) is 0 Å². The highest BCUT2D eigenvalue weighted by molar-refractivity contribution is 5.95. The monoisotopic (exact) mass is 545 g/mol. The lowest BCUT2D eigenvalue weighted by molar-refractivity contribution is -0.270. The van der Waals surface area contributed by atoms with Crippen LogP contribution in [0.15, 0.2) is 67.8 Å². The molecule has 0 aliphatic carbocycles. The lowest BCUT2D eigenvalue weighted by Crippen LogP contribution is -2.61. The first-order valence-corrected chi connectivity index (χ1v) is 11.1. The summed E-state index contributed by atoms with van der Waals surface area (Å²) in [5.74, 6) is -3.97. The summed E-state index contributed by atoms with van der Waals surface area (Å²) in [5, 5.41) is 0. The minimum Gasteiger partial charge on any atom is -0.477 e. The van der Waals surface area contributed by atoms with Crippen molar-refractivity contribution in [2.24, 2.45) is 0 Å². The van der Waals surface area contributed by atoms with Crippen molar-refractivity contribution in [2.75, 3.05) is 6.61 Å². The van der Waals surface area contributed by atoms with Crippen LogP contribution < -0.4 is 15.6 Å². The number of alkyl halides is 6. The van der Waals surface area contributed by atoms with Crippen molar-refractivity contribution in [1.82, 2.24) is 15.8 Å². The predicted molar refractivity (Wildman–Crippen MR) is 125 cm³/mol. The minimum absolute atomic E-state index is 0.168. The zero-order chi connectivity index (χ0) is 28.4. The number of hydrazine groups is 1. The van der Waals surface area contributed by atoms with Crippen LogP contribution in [0.1, 0.15) is 40.9 Å². The molecule has 2 rings (SSSR count). The van der Waals surface area contributed by atoms with Crippen LogP contribution in [0.25, 0.3) is 0 Å². The maximum absolute atomic E-state index is 14.1. The van der Waals surface area contributed by atoms with E-state index in [1.165, 1.54) is 18.2 Å². The molecule has 1 aromatic carbocycles. The molecule has 0 fully saturated rings. The topological polar surface area (TPSA) is 89.5 Å². The number of nitrogens with one attached hydrogen (secondary N) is 2. The quantitative estimate of drug-likeness (QED) is 0.164. The number of amides is 2. The van der Waals surface area contributed by atoms with E-state index >= 15 is 0 Å². The summed E-state index contributed by atoms with van der Waals surface area (Å²) in [6, 6.07) is 8.97. The summed E-state index contributed by atoms with van der Waals surface area (Å²) in [5.41, 5.74) is -1.63. The van der Waals surface area contributed by atoms with Gasteiger partial charge in [0.05, 0.1) is 13.2 Å². The molecular weight excluding hydrogens is 520 g/mol. The van der Waals surface area contributed by atoms with Gasteiger partial charge in [-0.25, -0.2) is 4.98 Å². The number of allylic oxidation sites excluding steroid dienone is 1. The molecule has 2 aromatic rings. The Morgan fingerprint density at radius 3 is 2.21 bits per heavy atom. The standard InChI is InChI=1S/C25H25F6N3O4/c1-3-5-9-15-37-21-18(24(26,27)28)12-13-19(32-21)20(35)33-34-22(36)23(14-4-2,25(29,30)31)38-16-17-10-7-6-8-11-17/h3-4,6-8,10-13H,1-2,5,9,14-16H2,(H,33,35)(H,34,36). The molecule has 2 N–H and O–H groups in total. The molecule has 0 saturated heterocycles. The Kier molecular flexibility index (Phi) is 10.5. The molecule has 0 aliphatic heterocycles. The zero-order valence-electron chi connectivity index (χ0n) is 20.0. The van der Waals surface area contributed by atoms with Gasteiger partial charge in [0.2, 0.25) is 11.5 Å². The van der Waals surface area contributed by atoms with Gasteiger partial charge in [0.15, 0.2) is 0 Å². The fourth-order valence-corrected chi connectivity index (χ4v) is 3.10. The number of nitrogens with zero attached hydrogens (tertiary/aromatic N) is 1. The van der Waals surface area contributed by atoms with Crippen LogP contribution in [0.4, 0.5) is 26.3 Å². The third kappa shape index (κ3) is 7.81. The molecule has 0 aliphatic rings. The molecule has 1 unspecified atom stereocenters. The number of aromatic nitrogens is 1. The summed E-state index contributed by atoms with van der Waals surface area (Å²) in [6.45, 7) is 5.96. The first-order valence-electron chi connectivity index (χ1n) is 11.1. The van der Waals surface area contributed by atoms with Crippen molar-refractivity contribution in [1.29, 1.82) is 0 Å². The summed E-state index contributed by atoms with van der Waals surface area (Å²) >= 11 is 0. The first kappa shape index (κ1) is 30.4. The molecule has 206 valence electrons. The van der Waals surface area contributed by atoms with E-state index in [-0.39, 0.29) is 6.61 Å². The summed E-state index contributed by atoms with van der Waals surface area (Å²) in [4.78, 5) is 28.7. The highest BCUT2D eigenvalue weighted by Crippen LogP contribution is 2.38. The Labute approximate surface area is 214 Å². The predicted octanol–water partition coefficient (Wildman–Crippen LogP) is 5.30. The van der Waals surface area contributed by atoms with Gasteiger partial charge in [-0.05, 0) is 30.5 Å². The fourth-order valence-electron chi connectivity index (χ4n) is 3.10. The Bertz CT molecular complexity index is 1120. The van der Waals surface area contributed by atoms with Crippen LogP contribution in [-0.2, 0) is 22.3 Å². The molecule has 0 bridgehead atoms. The number of hydrogen-bond donors (Lipinski definition) is 2. The second-order valence-corrected chi connectivity index (χ2v) is 7.83. The smallest absolute Gasteiger partial charge is 0.427 e. The molecule has 2 amide bonds. The molecular formula is C25H25F6N3O4. The number of rotatable bonds is 12. The molecule has 0 radical (unpaired) electrons. The van der Waals surface area contributed by atoms with E-state index in [1.807, 2.05) is 0 Å². The van der Waals surface area contributed by atoms with Gasteiger partial charge < -0.3 is 9.47 Å². The van der Waals surface area contributed by atoms with Gasteiger partial charge in [0.25, 0.3) is 11.8 Å². The number of carbonyl (C=O) groups is 2. The number of halogens is 6. The number of carbonyl (C=O) groups excluding carboxylic acids is 2. The number of ether oxygens (including phenoxy) is 2. The maximum Gasteiger partial charge on any atom is 0.427 e. The van der Waals surface area contributed by atoms with Crippen LogP contribution in [0, 0.1) is 0 Å². The lowest BCUT2D eigenvalue weighted by Gasteiger charge is -2.33. The Balaban J connectivity index is 2.23. The van der Waals surface area contributed by atoms with E-state index in [0.29, 0.717) is 30.5 Å². The highest BCUT2D eigenvalue weighted by atomic mass is 19.4. The van der Waals surface area contributed by atoms with Gasteiger partial charge in [-0.1, -0.05) is 42.5 Å². The van der Waals surface area contributed by atoms with E-state index in [9.17, 15) is 35.9 Å². The molecule has 7 nitrogen and oxygen atoms in total. The minimum atomic E-state index is -5.23. The largest absolute Gasteiger partial charge is 0.477 e. The molecule has 1 atom stereocenters. The van der Waals surface area contributed by atoms with Gasteiger partial charge in [0, 0.05) is 6.42 Å². The summed E-state index contributed by atoms with van der Waals surface area (Å²) in [7, 11) is 0. The third-order valence-electron chi connectivity index (χ3n) is 5.06. The van der Waals surface area contributed by atoms with Crippen LogP contribution in [0.2, 0.25) is 0 Å². The van der Waals surface area contributed by atoms with Crippen molar-refractivity contribution in [3.05, 3.63) is 84.6 Å². The van der Waals surface area contributed by atoms with E-state index in [2.05, 4.69) is 18.1 Å². The van der Waals surface area contributed by atoms with Gasteiger partial charge in [0.1, 0.15) is 11.3 Å². The van der Waals surface area contributed by atoms with Gasteiger partial charge in [-0.3, -0.25) is 20.4 Å². The second kappa shape index (κ2) is 13.1. The Morgan fingerprint density at radius 1 is 0.947 bits per heavy atom. The average molecular weight is 545 g/mol. The Hall–Kier alpha value is -3.87. The molecule has 13 heteroatoms.